The van der Waals surface area contributed by atoms with Crippen molar-refractivity contribution in [3.63, 3.8) is 0 Å². The lowest BCUT2D eigenvalue weighted by molar-refractivity contribution is -0.140. The van der Waals surface area contributed by atoms with Gasteiger partial charge in [-0.15, -0.1) is 0 Å². The molecule has 1 aliphatic rings. The van der Waals surface area contributed by atoms with E-state index in [4.69, 9.17) is 16.0 Å². The van der Waals surface area contributed by atoms with Crippen LogP contribution < -0.4 is 0 Å². The van der Waals surface area contributed by atoms with E-state index in [-0.39, 0.29) is 11.3 Å². The van der Waals surface area contributed by atoms with Crippen LogP contribution in [0.3, 0.4) is 0 Å². The first-order valence-electron chi connectivity index (χ1n) is 10.2. The fourth-order valence-corrected chi connectivity index (χ4v) is 3.90. The molecule has 0 aliphatic carbocycles. The molecule has 0 spiro atoms. The largest absolute Gasteiger partial charge is 0.507 e. The molecule has 6 nitrogen and oxygen atoms in total. The molecular formula is C23H27ClN2O4. The molecule has 0 bridgehead atoms. The first kappa shape index (κ1) is 22.1. The van der Waals surface area contributed by atoms with Crippen molar-refractivity contribution in [3.8, 4) is 0 Å². The SMILES string of the molecule is CCN(CC)CCCN1C(=O)C(=O)C(=C(O)c2ccc(Cl)cc2)[C@H]1c1ccc(C)o1. The molecule has 30 heavy (non-hydrogen) atoms. The number of aliphatic hydroxyl groups is 1. The number of rotatable bonds is 8. The molecule has 1 fully saturated rings. The Morgan fingerprint density at radius 3 is 2.37 bits per heavy atom. The highest BCUT2D eigenvalue weighted by atomic mass is 35.5. The number of furan rings is 1. The minimum Gasteiger partial charge on any atom is -0.507 e. The van der Waals surface area contributed by atoms with Gasteiger partial charge in [-0.1, -0.05) is 25.4 Å². The van der Waals surface area contributed by atoms with Gasteiger partial charge >= 0.3 is 0 Å². The Morgan fingerprint density at radius 2 is 1.80 bits per heavy atom. The predicted octanol–water partition coefficient (Wildman–Crippen LogP) is 4.40. The summed E-state index contributed by atoms with van der Waals surface area (Å²) in [6.45, 7) is 9.04. The summed E-state index contributed by atoms with van der Waals surface area (Å²) in [6, 6.07) is 9.27. The quantitative estimate of drug-likeness (QED) is 0.382. The molecule has 2 aromatic rings. The van der Waals surface area contributed by atoms with Crippen LogP contribution in [-0.2, 0) is 9.59 Å². The van der Waals surface area contributed by atoms with Crippen molar-refractivity contribution in [3.05, 3.63) is 64.1 Å². The summed E-state index contributed by atoms with van der Waals surface area (Å²) >= 11 is 5.94. The van der Waals surface area contributed by atoms with Gasteiger partial charge in [-0.25, -0.2) is 0 Å². The average molecular weight is 431 g/mol. The van der Waals surface area contributed by atoms with Crippen molar-refractivity contribution in [2.45, 2.75) is 33.2 Å². The molecule has 1 aromatic heterocycles. The van der Waals surface area contributed by atoms with Crippen LogP contribution in [-0.4, -0.2) is 52.8 Å². The molecule has 0 unspecified atom stereocenters. The summed E-state index contributed by atoms with van der Waals surface area (Å²) in [4.78, 5) is 29.5. The van der Waals surface area contributed by atoms with Gasteiger partial charge in [0, 0.05) is 17.1 Å². The molecule has 1 aromatic carbocycles. The van der Waals surface area contributed by atoms with E-state index in [0.29, 0.717) is 35.1 Å². The van der Waals surface area contributed by atoms with Gasteiger partial charge in [0.25, 0.3) is 11.7 Å². The van der Waals surface area contributed by atoms with Crippen LogP contribution in [0.4, 0.5) is 0 Å². The molecule has 2 heterocycles. The normalized spacial score (nSPS) is 18.6. The molecule has 1 N–H and O–H groups in total. The zero-order valence-electron chi connectivity index (χ0n) is 17.5. The van der Waals surface area contributed by atoms with Crippen LogP contribution in [0.5, 0.6) is 0 Å². The Labute approximate surface area is 181 Å². The summed E-state index contributed by atoms with van der Waals surface area (Å²) in [7, 11) is 0. The van der Waals surface area contributed by atoms with Gasteiger partial charge in [0.05, 0.1) is 5.57 Å². The highest BCUT2D eigenvalue weighted by Crippen LogP contribution is 2.40. The summed E-state index contributed by atoms with van der Waals surface area (Å²) in [5, 5.41) is 11.4. The fourth-order valence-electron chi connectivity index (χ4n) is 3.77. The predicted molar refractivity (Wildman–Crippen MR) is 116 cm³/mol. The molecule has 3 rings (SSSR count). The van der Waals surface area contributed by atoms with E-state index in [9.17, 15) is 14.7 Å². The maximum atomic E-state index is 12.9. The molecule has 0 radical (unpaired) electrons. The number of halogens is 1. The Bertz CT molecular complexity index is 944. The van der Waals surface area contributed by atoms with E-state index in [1.165, 1.54) is 4.90 Å². The Kier molecular flexibility index (Phi) is 7.00. The zero-order valence-corrected chi connectivity index (χ0v) is 18.3. The van der Waals surface area contributed by atoms with E-state index in [2.05, 4.69) is 18.7 Å². The van der Waals surface area contributed by atoms with Crippen molar-refractivity contribution in [1.29, 1.82) is 0 Å². The van der Waals surface area contributed by atoms with Crippen LogP contribution in [0.2, 0.25) is 5.02 Å². The minimum atomic E-state index is -0.758. The Balaban J connectivity index is 1.99. The number of carbonyl (C=O) groups excluding carboxylic acids is 2. The second kappa shape index (κ2) is 9.49. The number of Topliss-reactive ketones (excluding diaryl/α,β-unsaturated/α-hetero) is 1. The highest BCUT2D eigenvalue weighted by molar-refractivity contribution is 6.46. The summed E-state index contributed by atoms with van der Waals surface area (Å²) < 4.78 is 5.78. The first-order chi connectivity index (χ1) is 14.4. The molecule has 1 aliphatic heterocycles. The monoisotopic (exact) mass is 430 g/mol. The van der Waals surface area contributed by atoms with Crippen molar-refractivity contribution in [1.82, 2.24) is 9.80 Å². The number of hydrogen-bond donors (Lipinski definition) is 1. The summed E-state index contributed by atoms with van der Waals surface area (Å²) in [6.07, 6.45) is 0.714. The number of likely N-dealkylation sites (tertiary alicyclic amines) is 1. The van der Waals surface area contributed by atoms with Gasteiger partial charge in [0.1, 0.15) is 23.3 Å². The number of ketones is 1. The molecule has 0 saturated carbocycles. The van der Waals surface area contributed by atoms with Gasteiger partial charge in [-0.3, -0.25) is 9.59 Å². The molecular weight excluding hydrogens is 404 g/mol. The highest BCUT2D eigenvalue weighted by Gasteiger charge is 2.47. The Morgan fingerprint density at radius 1 is 1.13 bits per heavy atom. The minimum absolute atomic E-state index is 0.0412. The standard InChI is InChI=1S/C23H27ClN2O4/c1-4-25(5-2)13-6-14-26-20(18-12-7-15(3)30-18)19(22(28)23(26)29)21(27)16-8-10-17(24)11-9-16/h7-12,20,27H,4-6,13-14H2,1-3H3/t20-/m1/s1. The maximum absolute atomic E-state index is 12.9. The third-order valence-electron chi connectivity index (χ3n) is 5.46. The van der Waals surface area contributed by atoms with E-state index < -0.39 is 17.7 Å². The van der Waals surface area contributed by atoms with Crippen molar-refractivity contribution in [2.24, 2.45) is 0 Å². The van der Waals surface area contributed by atoms with Gasteiger partial charge in [-0.2, -0.15) is 0 Å². The molecule has 1 amide bonds. The van der Waals surface area contributed by atoms with Crippen molar-refractivity contribution < 1.29 is 19.1 Å². The van der Waals surface area contributed by atoms with Crippen LogP contribution in [0.25, 0.3) is 5.76 Å². The Hall–Kier alpha value is -2.57. The van der Waals surface area contributed by atoms with Gasteiger partial charge in [0.2, 0.25) is 0 Å². The van der Waals surface area contributed by atoms with E-state index >= 15 is 0 Å². The lowest BCUT2D eigenvalue weighted by atomic mass is 9.99. The van der Waals surface area contributed by atoms with Gasteiger partial charge < -0.3 is 19.3 Å². The number of nitrogens with zero attached hydrogens (tertiary/aromatic N) is 2. The lowest BCUT2D eigenvalue weighted by Gasteiger charge is -2.25. The lowest BCUT2D eigenvalue weighted by Crippen LogP contribution is -2.33. The number of amides is 1. The van der Waals surface area contributed by atoms with Crippen molar-refractivity contribution in [2.75, 3.05) is 26.2 Å². The number of carbonyl (C=O) groups is 2. The first-order valence-corrected chi connectivity index (χ1v) is 10.6. The molecule has 160 valence electrons. The summed E-state index contributed by atoms with van der Waals surface area (Å²) in [5.74, 6) is -0.418. The zero-order chi connectivity index (χ0) is 21.8. The molecule has 1 atom stereocenters. The van der Waals surface area contributed by atoms with Crippen LogP contribution in [0.15, 0.2) is 46.4 Å². The molecule has 1 saturated heterocycles. The average Bonchev–Trinajstić information content (AvgIpc) is 3.27. The van der Waals surface area contributed by atoms with Crippen molar-refractivity contribution >= 4 is 29.1 Å². The molecule has 7 heteroatoms. The second-order valence-electron chi connectivity index (χ2n) is 7.33. The van der Waals surface area contributed by atoms with E-state index in [0.717, 1.165) is 19.6 Å². The number of benzene rings is 1. The summed E-state index contributed by atoms with van der Waals surface area (Å²) in [5.41, 5.74) is 0.466. The third-order valence-corrected chi connectivity index (χ3v) is 5.71. The topological polar surface area (TPSA) is 74.0 Å². The second-order valence-corrected chi connectivity index (χ2v) is 7.76. The van der Waals surface area contributed by atoms with E-state index in [1.54, 1.807) is 43.3 Å². The van der Waals surface area contributed by atoms with Gasteiger partial charge in [0.15, 0.2) is 0 Å². The van der Waals surface area contributed by atoms with Gasteiger partial charge in [-0.05, 0) is 69.4 Å². The maximum Gasteiger partial charge on any atom is 0.295 e. The van der Waals surface area contributed by atoms with E-state index in [1.807, 2.05) is 0 Å². The van der Waals surface area contributed by atoms with Crippen LogP contribution in [0, 0.1) is 6.92 Å². The third kappa shape index (κ3) is 4.45. The number of hydrogen-bond acceptors (Lipinski definition) is 5. The smallest absolute Gasteiger partial charge is 0.295 e. The van der Waals surface area contributed by atoms with Crippen LogP contribution in [0.1, 0.15) is 43.4 Å². The van der Waals surface area contributed by atoms with Crippen LogP contribution >= 0.6 is 11.6 Å². The number of aryl methyl sites for hydroxylation is 1. The fraction of sp³-hybridized carbons (Fsp3) is 0.391. The number of aliphatic hydroxyl groups excluding tert-OH is 1.